The van der Waals surface area contributed by atoms with E-state index in [1.54, 1.807) is 7.05 Å². The summed E-state index contributed by atoms with van der Waals surface area (Å²) in [6, 6.07) is 7.23. The smallest absolute Gasteiger partial charge is 0.263 e. The number of piperazine rings is 1. The van der Waals surface area contributed by atoms with Crippen LogP contribution in [0.2, 0.25) is 0 Å². The first-order valence-corrected chi connectivity index (χ1v) is 13.0. The normalized spacial score (nSPS) is 19.5. The maximum Gasteiger partial charge on any atom is 0.263 e. The van der Waals surface area contributed by atoms with Gasteiger partial charge in [-0.15, -0.1) is 11.3 Å². The summed E-state index contributed by atoms with van der Waals surface area (Å²) in [4.78, 5) is 20.9. The van der Waals surface area contributed by atoms with Crippen LogP contribution in [-0.2, 0) is 6.42 Å². The van der Waals surface area contributed by atoms with E-state index in [1.807, 2.05) is 17.0 Å². The van der Waals surface area contributed by atoms with Gasteiger partial charge < -0.3 is 20.9 Å². The molecule has 5 rings (SSSR count). The lowest BCUT2D eigenvalue weighted by atomic mass is 10.1. The molecule has 2 aliphatic heterocycles. The Hall–Kier alpha value is -2.78. The average molecular weight is 500 g/mol. The molecule has 3 aromatic rings. The van der Waals surface area contributed by atoms with Crippen LogP contribution >= 0.6 is 11.3 Å². The number of nitrogens with zero attached hydrogens (tertiary/aromatic N) is 2. The van der Waals surface area contributed by atoms with Gasteiger partial charge in [0.25, 0.3) is 5.91 Å². The van der Waals surface area contributed by atoms with E-state index < -0.39 is 11.6 Å². The van der Waals surface area contributed by atoms with E-state index in [9.17, 15) is 13.6 Å². The lowest BCUT2D eigenvalue weighted by molar-refractivity contribution is 0.0959. The fourth-order valence-electron chi connectivity index (χ4n) is 5.12. The van der Waals surface area contributed by atoms with Gasteiger partial charge in [0.2, 0.25) is 0 Å². The Bertz CT molecular complexity index is 1250. The third-order valence-corrected chi connectivity index (χ3v) is 8.08. The molecule has 0 saturated carbocycles. The van der Waals surface area contributed by atoms with Crippen molar-refractivity contribution in [2.45, 2.75) is 51.1 Å². The van der Waals surface area contributed by atoms with E-state index in [0.29, 0.717) is 41.7 Å². The molecule has 2 aromatic heterocycles. The maximum absolute atomic E-state index is 14.9. The van der Waals surface area contributed by atoms with Gasteiger partial charge in [-0.05, 0) is 48.9 Å². The molecule has 2 unspecified atom stereocenters. The molecule has 4 heterocycles. The molecule has 1 aromatic carbocycles. The summed E-state index contributed by atoms with van der Waals surface area (Å²) >= 11 is 1.33. The number of halogens is 2. The van der Waals surface area contributed by atoms with Gasteiger partial charge in [-0.3, -0.25) is 4.79 Å². The van der Waals surface area contributed by atoms with Crippen molar-refractivity contribution in [3.8, 4) is 0 Å². The van der Waals surface area contributed by atoms with E-state index in [0.717, 1.165) is 34.4 Å². The number of anilines is 2. The molecular formula is C26H31F2N5OS. The number of hydrogen-bond donors (Lipinski definition) is 3. The van der Waals surface area contributed by atoms with Gasteiger partial charge in [-0.1, -0.05) is 13.8 Å². The molecule has 2 fully saturated rings. The molecule has 2 saturated heterocycles. The molecule has 35 heavy (non-hydrogen) atoms. The number of fused-ring (bicyclic) bond motifs is 3. The van der Waals surface area contributed by atoms with E-state index in [1.165, 1.54) is 23.5 Å². The van der Waals surface area contributed by atoms with E-state index >= 15 is 0 Å². The summed E-state index contributed by atoms with van der Waals surface area (Å²) < 4.78 is 29.8. The number of benzene rings is 1. The Balaban J connectivity index is 1.26. The summed E-state index contributed by atoms with van der Waals surface area (Å²) in [7, 11) is 1.78. The number of thiophene rings is 1. The first-order valence-electron chi connectivity index (χ1n) is 12.2. The van der Waals surface area contributed by atoms with E-state index in [4.69, 9.17) is 4.98 Å². The fraction of sp³-hybridized carbons (Fsp3) is 0.462. The second-order valence-electron chi connectivity index (χ2n) is 9.74. The van der Waals surface area contributed by atoms with Crippen molar-refractivity contribution in [1.82, 2.24) is 15.6 Å². The summed E-state index contributed by atoms with van der Waals surface area (Å²) in [5.41, 5.74) is 2.30. The number of carbonyl (C=O) groups is 1. The second-order valence-corrected chi connectivity index (χ2v) is 10.7. The Morgan fingerprint density at radius 2 is 1.94 bits per heavy atom. The Labute approximate surface area is 208 Å². The maximum atomic E-state index is 14.9. The highest BCUT2D eigenvalue weighted by molar-refractivity contribution is 7.21. The summed E-state index contributed by atoms with van der Waals surface area (Å²) in [5.74, 6) is -0.815. The van der Waals surface area contributed by atoms with Crippen molar-refractivity contribution in [1.29, 1.82) is 0 Å². The van der Waals surface area contributed by atoms with Crippen molar-refractivity contribution in [2.24, 2.45) is 0 Å². The number of amides is 1. The molecule has 0 aliphatic carbocycles. The van der Waals surface area contributed by atoms with Crippen molar-refractivity contribution in [2.75, 3.05) is 36.9 Å². The van der Waals surface area contributed by atoms with Crippen molar-refractivity contribution >= 4 is 38.8 Å². The van der Waals surface area contributed by atoms with Crippen LogP contribution in [-0.4, -0.2) is 49.7 Å². The highest BCUT2D eigenvalue weighted by Gasteiger charge is 2.33. The molecule has 3 N–H and O–H groups in total. The predicted octanol–water partition coefficient (Wildman–Crippen LogP) is 4.65. The zero-order valence-corrected chi connectivity index (χ0v) is 21.1. The molecule has 2 aliphatic rings. The van der Waals surface area contributed by atoms with Crippen LogP contribution < -0.4 is 20.9 Å². The van der Waals surface area contributed by atoms with Crippen LogP contribution in [0.3, 0.4) is 0 Å². The minimum atomic E-state index is -0.440. The SMILES string of the molecule is CNc1c(C(=O)NCCc2cc(F)c(N3CC4CCC(C3)N4)cc2F)sc2nc(C(C)C)ccc12. The molecule has 6 nitrogen and oxygen atoms in total. The molecule has 1 amide bonds. The van der Waals surface area contributed by atoms with Gasteiger partial charge in [0.1, 0.15) is 21.3 Å². The zero-order valence-electron chi connectivity index (χ0n) is 20.3. The quantitative estimate of drug-likeness (QED) is 0.442. The monoisotopic (exact) mass is 499 g/mol. The number of nitrogens with one attached hydrogen (secondary N) is 3. The van der Waals surface area contributed by atoms with Crippen LogP contribution in [0.1, 0.15) is 53.5 Å². The highest BCUT2D eigenvalue weighted by atomic mass is 32.1. The summed E-state index contributed by atoms with van der Waals surface area (Å²) in [5, 5.41) is 10.4. The fourth-order valence-corrected chi connectivity index (χ4v) is 6.22. The van der Waals surface area contributed by atoms with Crippen LogP contribution in [0.25, 0.3) is 10.2 Å². The van der Waals surface area contributed by atoms with Gasteiger partial charge in [0.05, 0.1) is 11.4 Å². The third-order valence-electron chi connectivity index (χ3n) is 6.98. The molecule has 186 valence electrons. The molecule has 0 radical (unpaired) electrons. The van der Waals surface area contributed by atoms with Gasteiger partial charge in [0, 0.05) is 55.9 Å². The minimum absolute atomic E-state index is 0.203. The van der Waals surface area contributed by atoms with E-state index in [-0.39, 0.29) is 24.4 Å². The highest BCUT2D eigenvalue weighted by Crippen LogP contribution is 2.35. The first kappa shape index (κ1) is 23.9. The number of carbonyl (C=O) groups excluding carboxylic acids is 1. The van der Waals surface area contributed by atoms with Gasteiger partial charge in [-0.25, -0.2) is 13.8 Å². The molecular weight excluding hydrogens is 468 g/mol. The molecule has 9 heteroatoms. The Morgan fingerprint density at radius 3 is 2.63 bits per heavy atom. The molecule has 2 bridgehead atoms. The minimum Gasteiger partial charge on any atom is -0.386 e. The largest absolute Gasteiger partial charge is 0.386 e. The lowest BCUT2D eigenvalue weighted by Crippen LogP contribution is -2.51. The molecule has 2 atom stereocenters. The van der Waals surface area contributed by atoms with Crippen LogP contribution in [0.5, 0.6) is 0 Å². The van der Waals surface area contributed by atoms with Crippen LogP contribution in [0.4, 0.5) is 20.2 Å². The van der Waals surface area contributed by atoms with Crippen molar-refractivity contribution < 1.29 is 13.6 Å². The Morgan fingerprint density at radius 1 is 1.20 bits per heavy atom. The third kappa shape index (κ3) is 4.71. The first-order chi connectivity index (χ1) is 16.8. The van der Waals surface area contributed by atoms with Gasteiger partial charge in [0.15, 0.2) is 0 Å². The van der Waals surface area contributed by atoms with Crippen molar-refractivity contribution in [3.05, 3.63) is 52.0 Å². The standard InChI is InChI=1S/C26H31F2N5OS/c1-14(2)21-7-6-18-23(29-3)24(35-26(18)32-21)25(34)30-9-8-15-10-20(28)22(11-19(15)27)33-12-16-4-5-17(13-33)31-16/h6-7,10-11,14,16-17,29,31H,4-5,8-9,12-13H2,1-3H3,(H,30,34). The summed E-state index contributed by atoms with van der Waals surface area (Å²) in [6.07, 6.45) is 2.36. The Kier molecular flexibility index (Phi) is 6.63. The number of hydrogen-bond acceptors (Lipinski definition) is 6. The summed E-state index contributed by atoms with van der Waals surface area (Å²) in [6.45, 7) is 5.75. The number of rotatable bonds is 7. The second kappa shape index (κ2) is 9.70. The van der Waals surface area contributed by atoms with Gasteiger partial charge >= 0.3 is 0 Å². The lowest BCUT2D eigenvalue weighted by Gasteiger charge is -2.34. The predicted molar refractivity (Wildman–Crippen MR) is 138 cm³/mol. The average Bonchev–Trinajstić information content (AvgIpc) is 3.38. The number of aromatic nitrogens is 1. The topological polar surface area (TPSA) is 69.3 Å². The van der Waals surface area contributed by atoms with E-state index in [2.05, 4.69) is 29.8 Å². The number of pyridine rings is 1. The van der Waals surface area contributed by atoms with Crippen molar-refractivity contribution in [3.63, 3.8) is 0 Å². The van der Waals surface area contributed by atoms with Crippen LogP contribution in [0, 0.1) is 11.6 Å². The van der Waals surface area contributed by atoms with Crippen LogP contribution in [0.15, 0.2) is 24.3 Å². The molecule has 0 spiro atoms. The van der Waals surface area contributed by atoms with Gasteiger partial charge in [-0.2, -0.15) is 0 Å². The zero-order chi connectivity index (χ0) is 24.7.